The Kier molecular flexibility index (Phi) is 4.44. The monoisotopic (exact) mass is 207 g/mol. The largest absolute Gasteiger partial charge is 0.247 e. The van der Waals surface area contributed by atoms with E-state index >= 15 is 0 Å². The van der Waals surface area contributed by atoms with Crippen LogP contribution >= 0.6 is 11.3 Å². The van der Waals surface area contributed by atoms with E-state index in [1.807, 2.05) is 20.8 Å². The summed E-state index contributed by atoms with van der Waals surface area (Å²) in [4.78, 5) is 0.948. The average Bonchev–Trinajstić information content (AvgIpc) is 2.39. The van der Waals surface area contributed by atoms with Crippen LogP contribution in [0.1, 0.15) is 18.7 Å². The smallest absolute Gasteiger partial charge is 0.224 e. The summed E-state index contributed by atoms with van der Waals surface area (Å²) in [5.74, 6) is 0. The zero-order valence-corrected chi connectivity index (χ0v) is 9.00. The molecule has 0 amide bonds. The molecule has 0 saturated carbocycles. The third kappa shape index (κ3) is 3.34. The standard InChI is InChI=1S/C5H7NO2S2.C2H6/c1-4-2-3-5(9-4)10(6,7)8;1-2/h2-3H,1H3,(H2,6,7,8);1-2H3. The van der Waals surface area contributed by atoms with Crippen molar-refractivity contribution in [2.24, 2.45) is 5.14 Å². The van der Waals surface area contributed by atoms with Crippen molar-refractivity contribution in [3.63, 3.8) is 0 Å². The van der Waals surface area contributed by atoms with Crippen LogP contribution in [0.2, 0.25) is 0 Å². The first-order valence-electron chi connectivity index (χ1n) is 3.59. The molecule has 1 aromatic rings. The van der Waals surface area contributed by atoms with Crippen LogP contribution in [0.4, 0.5) is 0 Å². The molecule has 12 heavy (non-hydrogen) atoms. The Morgan fingerprint density at radius 2 is 1.83 bits per heavy atom. The summed E-state index contributed by atoms with van der Waals surface area (Å²) in [7, 11) is -3.46. The second-order valence-corrected chi connectivity index (χ2v) is 4.99. The van der Waals surface area contributed by atoms with Gasteiger partial charge in [-0.2, -0.15) is 0 Å². The summed E-state index contributed by atoms with van der Waals surface area (Å²) in [5, 5.41) is 4.85. The van der Waals surface area contributed by atoms with Crippen LogP contribution in [-0.4, -0.2) is 8.42 Å². The first-order valence-corrected chi connectivity index (χ1v) is 5.95. The van der Waals surface area contributed by atoms with Gasteiger partial charge in [0.15, 0.2) is 0 Å². The minimum absolute atomic E-state index is 0.227. The second-order valence-electron chi connectivity index (χ2n) is 1.91. The van der Waals surface area contributed by atoms with E-state index in [-0.39, 0.29) is 4.21 Å². The Hall–Kier alpha value is -0.390. The predicted molar refractivity (Wildman–Crippen MR) is 51.8 cm³/mol. The number of nitrogens with two attached hydrogens (primary N) is 1. The summed E-state index contributed by atoms with van der Waals surface area (Å²) >= 11 is 1.18. The summed E-state index contributed by atoms with van der Waals surface area (Å²) in [6.45, 7) is 5.83. The number of thiophene rings is 1. The number of hydrogen-bond donors (Lipinski definition) is 1. The summed E-state index contributed by atoms with van der Waals surface area (Å²) < 4.78 is 21.5. The Balaban J connectivity index is 0.000000561. The van der Waals surface area contributed by atoms with Crippen molar-refractivity contribution in [1.82, 2.24) is 0 Å². The topological polar surface area (TPSA) is 60.2 Å². The van der Waals surface area contributed by atoms with Gasteiger partial charge in [-0.05, 0) is 19.1 Å². The summed E-state index contributed by atoms with van der Waals surface area (Å²) in [6, 6.07) is 3.24. The van der Waals surface area contributed by atoms with Crippen LogP contribution in [0.5, 0.6) is 0 Å². The highest BCUT2D eigenvalue weighted by Gasteiger charge is 2.08. The van der Waals surface area contributed by atoms with E-state index in [9.17, 15) is 8.42 Å². The third-order valence-corrected chi connectivity index (χ3v) is 3.44. The lowest BCUT2D eigenvalue weighted by Crippen LogP contribution is -2.09. The number of aryl methyl sites for hydroxylation is 1. The van der Waals surface area contributed by atoms with Crippen LogP contribution in [-0.2, 0) is 10.0 Å². The lowest BCUT2D eigenvalue weighted by atomic mass is 10.5. The Morgan fingerprint density at radius 1 is 1.33 bits per heavy atom. The maximum absolute atomic E-state index is 10.6. The van der Waals surface area contributed by atoms with Crippen molar-refractivity contribution in [3.8, 4) is 0 Å². The maximum Gasteiger partial charge on any atom is 0.247 e. The van der Waals surface area contributed by atoms with Gasteiger partial charge in [0.25, 0.3) is 0 Å². The molecule has 1 aromatic heterocycles. The number of rotatable bonds is 1. The van der Waals surface area contributed by atoms with Gasteiger partial charge in [-0.1, -0.05) is 13.8 Å². The molecular weight excluding hydrogens is 194 g/mol. The van der Waals surface area contributed by atoms with Crippen molar-refractivity contribution in [2.75, 3.05) is 0 Å². The van der Waals surface area contributed by atoms with Crippen LogP contribution < -0.4 is 5.14 Å². The molecule has 0 bridgehead atoms. The highest BCUT2D eigenvalue weighted by molar-refractivity contribution is 7.91. The van der Waals surface area contributed by atoms with Gasteiger partial charge < -0.3 is 0 Å². The Morgan fingerprint density at radius 3 is 2.00 bits per heavy atom. The van der Waals surface area contributed by atoms with E-state index in [2.05, 4.69) is 0 Å². The molecule has 0 aliphatic carbocycles. The molecule has 0 radical (unpaired) electrons. The van der Waals surface area contributed by atoms with Gasteiger partial charge in [0.2, 0.25) is 10.0 Å². The van der Waals surface area contributed by atoms with Crippen LogP contribution in [0.25, 0.3) is 0 Å². The van der Waals surface area contributed by atoms with E-state index < -0.39 is 10.0 Å². The van der Waals surface area contributed by atoms with E-state index in [0.29, 0.717) is 0 Å². The van der Waals surface area contributed by atoms with Crippen LogP contribution in [0.15, 0.2) is 16.3 Å². The normalized spacial score (nSPS) is 10.3. The van der Waals surface area contributed by atoms with E-state index in [0.717, 1.165) is 4.88 Å². The number of primary sulfonamides is 1. The van der Waals surface area contributed by atoms with E-state index in [1.165, 1.54) is 17.4 Å². The fourth-order valence-corrected chi connectivity index (χ4v) is 2.27. The van der Waals surface area contributed by atoms with Crippen molar-refractivity contribution in [1.29, 1.82) is 0 Å². The maximum atomic E-state index is 10.6. The van der Waals surface area contributed by atoms with Crippen molar-refractivity contribution in [3.05, 3.63) is 17.0 Å². The molecule has 3 nitrogen and oxygen atoms in total. The molecule has 0 aliphatic heterocycles. The minimum Gasteiger partial charge on any atom is -0.224 e. The number of sulfonamides is 1. The zero-order chi connectivity index (χ0) is 9.78. The van der Waals surface area contributed by atoms with Gasteiger partial charge in [0, 0.05) is 4.88 Å². The van der Waals surface area contributed by atoms with Crippen molar-refractivity contribution >= 4 is 21.4 Å². The molecule has 1 rings (SSSR count). The molecule has 0 atom stereocenters. The molecule has 0 spiro atoms. The van der Waals surface area contributed by atoms with E-state index in [1.54, 1.807) is 6.07 Å². The Labute approximate surface area is 77.3 Å². The molecule has 1 heterocycles. The predicted octanol–water partition coefficient (Wildman–Crippen LogP) is 1.73. The zero-order valence-electron chi connectivity index (χ0n) is 7.37. The molecule has 0 unspecified atom stereocenters. The summed E-state index contributed by atoms with van der Waals surface area (Å²) in [6.07, 6.45) is 0. The van der Waals surface area contributed by atoms with Crippen LogP contribution in [0.3, 0.4) is 0 Å². The van der Waals surface area contributed by atoms with Gasteiger partial charge in [0.05, 0.1) is 0 Å². The van der Waals surface area contributed by atoms with Gasteiger partial charge in [0.1, 0.15) is 4.21 Å². The van der Waals surface area contributed by atoms with E-state index in [4.69, 9.17) is 5.14 Å². The van der Waals surface area contributed by atoms with Gasteiger partial charge in [-0.25, -0.2) is 13.6 Å². The fourth-order valence-electron chi connectivity index (χ4n) is 0.565. The van der Waals surface area contributed by atoms with Crippen LogP contribution in [0, 0.1) is 6.92 Å². The molecule has 2 N–H and O–H groups in total. The molecule has 70 valence electrons. The molecule has 0 fully saturated rings. The SMILES string of the molecule is CC.Cc1ccc(S(N)(=O)=O)s1. The first-order chi connectivity index (χ1) is 5.50. The van der Waals surface area contributed by atoms with Crippen molar-refractivity contribution < 1.29 is 8.42 Å². The van der Waals surface area contributed by atoms with Gasteiger partial charge >= 0.3 is 0 Å². The molecule has 5 heteroatoms. The molecule has 0 aromatic carbocycles. The molecule has 0 saturated heterocycles. The Bertz CT molecular complexity index is 327. The lowest BCUT2D eigenvalue weighted by molar-refractivity contribution is 0.600. The number of hydrogen-bond acceptors (Lipinski definition) is 3. The minimum atomic E-state index is -3.46. The molecule has 0 aliphatic rings. The van der Waals surface area contributed by atoms with Gasteiger partial charge in [-0.3, -0.25) is 0 Å². The highest BCUT2D eigenvalue weighted by Crippen LogP contribution is 2.18. The fraction of sp³-hybridized carbons (Fsp3) is 0.429. The first kappa shape index (κ1) is 11.6. The lowest BCUT2D eigenvalue weighted by Gasteiger charge is -1.87. The second kappa shape index (κ2) is 4.59. The van der Waals surface area contributed by atoms with Crippen molar-refractivity contribution in [2.45, 2.75) is 25.0 Å². The quantitative estimate of drug-likeness (QED) is 0.762. The summed E-state index contributed by atoms with van der Waals surface area (Å²) in [5.41, 5.74) is 0. The third-order valence-electron chi connectivity index (χ3n) is 0.996. The van der Waals surface area contributed by atoms with Gasteiger partial charge in [-0.15, -0.1) is 11.3 Å². The highest BCUT2D eigenvalue weighted by atomic mass is 32.2. The molecular formula is C7H13NO2S2. The average molecular weight is 207 g/mol.